The van der Waals surface area contributed by atoms with Crippen LogP contribution in [0.2, 0.25) is 0 Å². The first-order valence-corrected chi connectivity index (χ1v) is 12.3. The smallest absolute Gasteiger partial charge is 0.258 e. The summed E-state index contributed by atoms with van der Waals surface area (Å²) in [5.74, 6) is 1.36. The Morgan fingerprint density at radius 2 is 1.94 bits per heavy atom. The zero-order valence-corrected chi connectivity index (χ0v) is 20.1. The molecule has 1 aliphatic carbocycles. The standard InChI is InChI=1S/C24H29IN4O2/c1-17-16-29(13-14-31-17)22-4-2-3-21(26-22)27-23(30)19-6-5-18(25)15-20(19)28-11-9-24(7-8-24)10-12-28/h2-6,15,17H,7-14,16H2,1H3,(H,26,27,30)/t17-/m1/s1. The van der Waals surface area contributed by atoms with Gasteiger partial charge in [-0.3, -0.25) is 4.79 Å². The molecule has 2 aromatic rings. The lowest BCUT2D eigenvalue weighted by molar-refractivity contribution is 0.0529. The summed E-state index contributed by atoms with van der Waals surface area (Å²) in [6.45, 7) is 6.45. The van der Waals surface area contributed by atoms with Crippen LogP contribution in [0, 0.1) is 8.99 Å². The maximum absolute atomic E-state index is 13.3. The van der Waals surface area contributed by atoms with Gasteiger partial charge in [0, 0.05) is 29.7 Å². The van der Waals surface area contributed by atoms with Crippen molar-refractivity contribution in [2.75, 3.05) is 47.9 Å². The zero-order valence-electron chi connectivity index (χ0n) is 17.9. The molecular weight excluding hydrogens is 503 g/mol. The van der Waals surface area contributed by atoms with Crippen molar-refractivity contribution in [3.05, 3.63) is 45.5 Å². The minimum absolute atomic E-state index is 0.0990. The molecule has 0 unspecified atom stereocenters. The Labute approximate surface area is 197 Å². The highest BCUT2D eigenvalue weighted by atomic mass is 127. The van der Waals surface area contributed by atoms with E-state index in [4.69, 9.17) is 9.72 Å². The van der Waals surface area contributed by atoms with Crippen molar-refractivity contribution in [1.29, 1.82) is 0 Å². The number of piperidine rings is 1. The van der Waals surface area contributed by atoms with Gasteiger partial charge in [0.25, 0.3) is 5.91 Å². The summed E-state index contributed by atoms with van der Waals surface area (Å²) in [5, 5.41) is 3.04. The molecule has 3 heterocycles. The molecule has 1 aromatic carbocycles. The Balaban J connectivity index is 1.33. The van der Waals surface area contributed by atoms with Crippen molar-refractivity contribution in [1.82, 2.24) is 4.98 Å². The molecule has 7 heteroatoms. The lowest BCUT2D eigenvalue weighted by Gasteiger charge is -2.35. The van der Waals surface area contributed by atoms with Gasteiger partial charge >= 0.3 is 0 Å². The van der Waals surface area contributed by atoms with Crippen LogP contribution in [0.5, 0.6) is 0 Å². The first-order chi connectivity index (χ1) is 15.0. The third-order valence-corrected chi connectivity index (χ3v) is 7.54. The van der Waals surface area contributed by atoms with E-state index in [1.165, 1.54) is 25.7 Å². The molecule has 0 radical (unpaired) electrons. The van der Waals surface area contributed by atoms with Crippen molar-refractivity contribution in [2.45, 2.75) is 38.7 Å². The van der Waals surface area contributed by atoms with Gasteiger partial charge in [0.2, 0.25) is 0 Å². The molecule has 3 aliphatic rings. The van der Waals surface area contributed by atoms with Gasteiger partial charge in [-0.2, -0.15) is 0 Å². The lowest BCUT2D eigenvalue weighted by atomic mass is 9.93. The molecule has 2 saturated heterocycles. The highest BCUT2D eigenvalue weighted by Gasteiger charge is 2.44. The summed E-state index contributed by atoms with van der Waals surface area (Å²) >= 11 is 2.33. The van der Waals surface area contributed by atoms with Gasteiger partial charge < -0.3 is 19.9 Å². The number of nitrogens with zero attached hydrogens (tertiary/aromatic N) is 3. The van der Waals surface area contributed by atoms with E-state index in [9.17, 15) is 4.79 Å². The number of aromatic nitrogens is 1. The predicted octanol–water partition coefficient (Wildman–Crippen LogP) is 4.54. The van der Waals surface area contributed by atoms with Crippen molar-refractivity contribution in [3.8, 4) is 0 Å². The van der Waals surface area contributed by atoms with Gasteiger partial charge in [0.05, 0.1) is 24.0 Å². The van der Waals surface area contributed by atoms with E-state index in [0.717, 1.165) is 46.8 Å². The van der Waals surface area contributed by atoms with Crippen LogP contribution in [0.1, 0.15) is 43.0 Å². The fraction of sp³-hybridized carbons (Fsp3) is 0.500. The molecule has 1 aromatic heterocycles. The molecular formula is C24H29IN4O2. The number of anilines is 3. The van der Waals surface area contributed by atoms with Crippen LogP contribution in [0.15, 0.2) is 36.4 Å². The third kappa shape index (κ3) is 4.67. The number of halogens is 1. The van der Waals surface area contributed by atoms with Crippen LogP contribution in [0.25, 0.3) is 0 Å². The van der Waals surface area contributed by atoms with E-state index >= 15 is 0 Å². The van der Waals surface area contributed by atoms with E-state index in [-0.39, 0.29) is 12.0 Å². The predicted molar refractivity (Wildman–Crippen MR) is 132 cm³/mol. The van der Waals surface area contributed by atoms with Crippen LogP contribution >= 0.6 is 22.6 Å². The van der Waals surface area contributed by atoms with E-state index in [1.807, 2.05) is 30.3 Å². The maximum Gasteiger partial charge on any atom is 0.258 e. The number of nitrogens with one attached hydrogen (secondary N) is 1. The second-order valence-electron chi connectivity index (χ2n) is 9.11. The monoisotopic (exact) mass is 532 g/mol. The molecule has 5 rings (SSSR count). The van der Waals surface area contributed by atoms with Crippen molar-refractivity contribution in [3.63, 3.8) is 0 Å². The number of hydrogen-bond donors (Lipinski definition) is 1. The fourth-order valence-electron chi connectivity index (χ4n) is 4.74. The number of ether oxygens (including phenoxy) is 1. The summed E-state index contributed by atoms with van der Waals surface area (Å²) < 4.78 is 6.79. The molecule has 2 aliphatic heterocycles. The fourth-order valence-corrected chi connectivity index (χ4v) is 5.21. The van der Waals surface area contributed by atoms with Crippen molar-refractivity contribution < 1.29 is 9.53 Å². The average molecular weight is 532 g/mol. The number of morpholine rings is 1. The van der Waals surface area contributed by atoms with Crippen LogP contribution in [-0.2, 0) is 4.74 Å². The van der Waals surface area contributed by atoms with Crippen LogP contribution < -0.4 is 15.1 Å². The van der Waals surface area contributed by atoms with Gasteiger partial charge in [0.1, 0.15) is 11.6 Å². The van der Waals surface area contributed by atoms with Gasteiger partial charge in [-0.15, -0.1) is 0 Å². The van der Waals surface area contributed by atoms with E-state index < -0.39 is 0 Å². The van der Waals surface area contributed by atoms with Gasteiger partial charge in [-0.05, 0) is 90.9 Å². The zero-order chi connectivity index (χ0) is 21.4. The van der Waals surface area contributed by atoms with Crippen LogP contribution in [0.4, 0.5) is 17.3 Å². The van der Waals surface area contributed by atoms with E-state index in [0.29, 0.717) is 17.8 Å². The third-order valence-electron chi connectivity index (χ3n) is 6.87. The summed E-state index contributed by atoms with van der Waals surface area (Å²) in [6, 6.07) is 11.9. The highest BCUT2D eigenvalue weighted by Crippen LogP contribution is 2.54. The summed E-state index contributed by atoms with van der Waals surface area (Å²) in [4.78, 5) is 22.6. The number of benzene rings is 1. The molecule has 1 saturated carbocycles. The Hall–Kier alpha value is -1.87. The van der Waals surface area contributed by atoms with Crippen LogP contribution in [-0.4, -0.2) is 49.8 Å². The number of hydrogen-bond acceptors (Lipinski definition) is 5. The molecule has 1 amide bonds. The molecule has 1 atom stereocenters. The lowest BCUT2D eigenvalue weighted by Crippen LogP contribution is -2.41. The topological polar surface area (TPSA) is 57.7 Å². The summed E-state index contributed by atoms with van der Waals surface area (Å²) in [6.07, 6.45) is 5.42. The molecule has 1 N–H and O–H groups in total. The van der Waals surface area contributed by atoms with Gasteiger partial charge in [-0.25, -0.2) is 4.98 Å². The van der Waals surface area contributed by atoms with Crippen molar-refractivity contribution in [2.24, 2.45) is 5.41 Å². The quantitative estimate of drug-likeness (QED) is 0.586. The molecule has 6 nitrogen and oxygen atoms in total. The number of carbonyl (C=O) groups is 1. The number of rotatable bonds is 4. The second-order valence-corrected chi connectivity index (χ2v) is 10.4. The van der Waals surface area contributed by atoms with Crippen molar-refractivity contribution >= 4 is 45.8 Å². The summed E-state index contributed by atoms with van der Waals surface area (Å²) in [7, 11) is 0. The molecule has 3 fully saturated rings. The Morgan fingerprint density at radius 3 is 2.68 bits per heavy atom. The highest BCUT2D eigenvalue weighted by molar-refractivity contribution is 14.1. The number of amides is 1. The first-order valence-electron chi connectivity index (χ1n) is 11.2. The van der Waals surface area contributed by atoms with E-state index in [1.54, 1.807) is 0 Å². The minimum Gasteiger partial charge on any atom is -0.375 e. The normalized spacial score (nSPS) is 22.5. The average Bonchev–Trinajstić information content (AvgIpc) is 3.53. The van der Waals surface area contributed by atoms with E-state index in [2.05, 4.69) is 50.7 Å². The van der Waals surface area contributed by atoms with Gasteiger partial charge in [-0.1, -0.05) is 6.07 Å². The summed E-state index contributed by atoms with van der Waals surface area (Å²) in [5.41, 5.74) is 2.37. The molecule has 31 heavy (non-hydrogen) atoms. The maximum atomic E-state index is 13.3. The number of pyridine rings is 1. The molecule has 0 bridgehead atoms. The minimum atomic E-state index is -0.0990. The Morgan fingerprint density at radius 1 is 1.13 bits per heavy atom. The van der Waals surface area contributed by atoms with Gasteiger partial charge in [0.15, 0.2) is 0 Å². The molecule has 1 spiro atoms. The number of carbonyl (C=O) groups excluding carboxylic acids is 1. The molecule has 164 valence electrons. The SMILES string of the molecule is C[C@@H]1CN(c2cccc(NC(=O)c3ccc(I)cc3N3CCC4(CC3)CC4)n2)CCO1. The largest absolute Gasteiger partial charge is 0.375 e. The second kappa shape index (κ2) is 8.58. The van der Waals surface area contributed by atoms with Crippen LogP contribution in [0.3, 0.4) is 0 Å². The Bertz CT molecular complexity index is 968. The Kier molecular flexibility index (Phi) is 5.81. The first kappa shape index (κ1) is 21.0.